The van der Waals surface area contributed by atoms with Crippen molar-refractivity contribution in [2.24, 2.45) is 4.99 Å². The molecule has 0 bridgehead atoms. The fourth-order valence-corrected chi connectivity index (χ4v) is 3.40. The topological polar surface area (TPSA) is 136 Å². The highest BCUT2D eigenvalue weighted by Crippen LogP contribution is 2.23. The molecule has 0 spiro atoms. The molecule has 1 atom stereocenters. The van der Waals surface area contributed by atoms with Gasteiger partial charge in [0.05, 0.1) is 18.3 Å². The fourth-order valence-electron chi connectivity index (χ4n) is 3.20. The van der Waals surface area contributed by atoms with Crippen molar-refractivity contribution >= 4 is 29.3 Å². The fraction of sp³-hybridized carbons (Fsp3) is 0.250. The molecule has 1 saturated carbocycles. The molecule has 1 aliphatic rings. The van der Waals surface area contributed by atoms with E-state index < -0.39 is 5.69 Å². The summed E-state index contributed by atoms with van der Waals surface area (Å²) in [6.45, 7) is 1.99. The number of nitrogens with one attached hydrogen (secondary N) is 3. The van der Waals surface area contributed by atoms with Crippen LogP contribution in [0, 0.1) is 0 Å². The van der Waals surface area contributed by atoms with E-state index in [4.69, 9.17) is 11.6 Å². The zero-order valence-electron chi connectivity index (χ0n) is 16.5. The maximum atomic E-state index is 11.4. The number of fused-ring (bicyclic) bond motifs is 1. The van der Waals surface area contributed by atoms with Crippen LogP contribution in [0.2, 0.25) is 5.02 Å². The van der Waals surface area contributed by atoms with Crippen LogP contribution in [0.15, 0.2) is 40.2 Å². The minimum atomic E-state index is -0.503. The Morgan fingerprint density at radius 3 is 2.90 bits per heavy atom. The van der Waals surface area contributed by atoms with Crippen LogP contribution in [-0.4, -0.2) is 40.7 Å². The Kier molecular flexibility index (Phi) is 4.70. The van der Waals surface area contributed by atoms with Crippen molar-refractivity contribution in [1.82, 2.24) is 29.5 Å². The lowest BCUT2D eigenvalue weighted by atomic mass is 10.1. The zero-order chi connectivity index (χ0) is 21.5. The van der Waals surface area contributed by atoms with Gasteiger partial charge in [0.15, 0.2) is 5.65 Å². The minimum Gasteiger partial charge on any atom is -0.493 e. The van der Waals surface area contributed by atoms with Gasteiger partial charge in [0, 0.05) is 10.2 Å². The summed E-state index contributed by atoms with van der Waals surface area (Å²) in [5, 5.41) is 18.8. The number of hydrogen-bond donors (Lipinski definition) is 4. The summed E-state index contributed by atoms with van der Waals surface area (Å²) in [4.78, 5) is 30.1. The van der Waals surface area contributed by atoms with E-state index in [1.54, 1.807) is 16.8 Å². The Labute approximate surface area is 180 Å². The molecule has 1 aliphatic carbocycles. The van der Waals surface area contributed by atoms with Gasteiger partial charge in [-0.3, -0.25) is 4.98 Å². The van der Waals surface area contributed by atoms with E-state index in [2.05, 4.69) is 35.3 Å². The number of nitrogens with zero attached hydrogens (tertiary/aromatic N) is 5. The maximum absolute atomic E-state index is 11.4. The summed E-state index contributed by atoms with van der Waals surface area (Å²) in [7, 11) is 0. The van der Waals surface area contributed by atoms with Crippen molar-refractivity contribution in [3.8, 4) is 5.88 Å². The second kappa shape index (κ2) is 7.55. The van der Waals surface area contributed by atoms with Crippen LogP contribution in [0.5, 0.6) is 5.88 Å². The molecule has 0 unspecified atom stereocenters. The van der Waals surface area contributed by atoms with E-state index in [0.717, 1.165) is 18.4 Å². The number of aromatic hydroxyl groups is 1. The second-order valence-corrected chi connectivity index (χ2v) is 7.89. The molecule has 3 aromatic heterocycles. The van der Waals surface area contributed by atoms with Gasteiger partial charge in [-0.25, -0.2) is 9.79 Å². The van der Waals surface area contributed by atoms with E-state index in [9.17, 15) is 9.90 Å². The summed E-state index contributed by atoms with van der Waals surface area (Å²) >= 11 is 6.12. The first kappa shape index (κ1) is 19.3. The third kappa shape index (κ3) is 4.02. The third-order valence-corrected chi connectivity index (χ3v) is 5.19. The Morgan fingerprint density at radius 1 is 1.35 bits per heavy atom. The van der Waals surface area contributed by atoms with Crippen molar-refractivity contribution in [2.75, 3.05) is 5.32 Å². The lowest BCUT2D eigenvalue weighted by molar-refractivity contribution is 0.454. The lowest BCUT2D eigenvalue weighted by Gasteiger charge is -2.14. The monoisotopic (exact) mass is 438 g/mol. The maximum Gasteiger partial charge on any atom is 0.326 e. The summed E-state index contributed by atoms with van der Waals surface area (Å²) in [6, 6.07) is 7.70. The van der Waals surface area contributed by atoms with Gasteiger partial charge in [0.25, 0.3) is 5.62 Å². The number of H-pyrrole nitrogens is 2. The quantitative estimate of drug-likeness (QED) is 0.370. The van der Waals surface area contributed by atoms with E-state index in [1.807, 2.05) is 31.2 Å². The van der Waals surface area contributed by atoms with Crippen LogP contribution in [0.25, 0.3) is 11.7 Å². The number of benzene rings is 1. The van der Waals surface area contributed by atoms with Crippen LogP contribution in [-0.2, 0) is 0 Å². The molecule has 4 aromatic rings. The van der Waals surface area contributed by atoms with E-state index in [1.165, 1.54) is 0 Å². The molecule has 0 saturated heterocycles. The molecule has 31 heavy (non-hydrogen) atoms. The Balaban J connectivity index is 1.62. The van der Waals surface area contributed by atoms with E-state index >= 15 is 0 Å². The normalized spacial score (nSPS) is 16.2. The number of rotatable bonds is 5. The number of imidazole rings is 1. The lowest BCUT2D eigenvalue weighted by Crippen LogP contribution is -2.25. The van der Waals surface area contributed by atoms with Crippen LogP contribution in [0.1, 0.15) is 37.1 Å². The van der Waals surface area contributed by atoms with E-state index in [-0.39, 0.29) is 23.7 Å². The first-order valence-electron chi connectivity index (χ1n) is 9.81. The standard InChI is InChI=1S/C20H19ClN8O2/c1-10(11-3-2-4-13(21)7-11)23-18-26-16-12(8-15-17(30)27-20(31)25-15)9-22-29(16)19(28-18)24-14-5-6-14/h2-4,7-10,14,30H,5-6H2,1H3,(H,23,24,28)(H2,25,27,31)/t10-/m1/s1. The number of halogens is 1. The first-order valence-corrected chi connectivity index (χ1v) is 10.2. The minimum absolute atomic E-state index is 0.102. The van der Waals surface area contributed by atoms with Gasteiger partial charge in [-0.2, -0.15) is 19.6 Å². The Hall–Kier alpha value is -3.66. The van der Waals surface area contributed by atoms with Gasteiger partial charge in [-0.15, -0.1) is 0 Å². The average Bonchev–Trinajstić information content (AvgIpc) is 3.37. The van der Waals surface area contributed by atoms with Gasteiger partial charge in [0.2, 0.25) is 11.8 Å². The molecule has 11 heteroatoms. The molecule has 158 valence electrons. The highest BCUT2D eigenvalue weighted by atomic mass is 35.5. The molecule has 1 fully saturated rings. The van der Waals surface area contributed by atoms with Crippen molar-refractivity contribution in [2.45, 2.75) is 31.8 Å². The Morgan fingerprint density at radius 2 is 2.19 bits per heavy atom. The molecule has 4 N–H and O–H groups in total. The molecule has 0 amide bonds. The molecular formula is C20H19ClN8O2. The summed E-state index contributed by atoms with van der Waals surface area (Å²) in [6.07, 6.45) is 5.22. The number of aromatic amines is 2. The second-order valence-electron chi connectivity index (χ2n) is 7.45. The first-order chi connectivity index (χ1) is 15.0. The molecule has 0 radical (unpaired) electrons. The van der Waals surface area contributed by atoms with Gasteiger partial charge in [-0.05, 0) is 43.5 Å². The summed E-state index contributed by atoms with van der Waals surface area (Å²) < 4.78 is 1.56. The molecule has 5 rings (SSSR count). The molecular weight excluding hydrogens is 420 g/mol. The predicted octanol–water partition coefficient (Wildman–Crippen LogP) is 1.28. The van der Waals surface area contributed by atoms with Gasteiger partial charge in [0.1, 0.15) is 5.69 Å². The van der Waals surface area contributed by atoms with Gasteiger partial charge >= 0.3 is 5.69 Å². The van der Waals surface area contributed by atoms with Crippen LogP contribution >= 0.6 is 11.6 Å². The average molecular weight is 439 g/mol. The smallest absolute Gasteiger partial charge is 0.326 e. The Bertz CT molecular complexity index is 1450. The van der Waals surface area contributed by atoms with Crippen molar-refractivity contribution in [3.05, 3.63) is 68.1 Å². The van der Waals surface area contributed by atoms with Crippen LogP contribution in [0.3, 0.4) is 0 Å². The number of aromatic nitrogens is 6. The molecule has 3 heterocycles. The van der Waals surface area contributed by atoms with Crippen molar-refractivity contribution in [3.63, 3.8) is 0 Å². The predicted molar refractivity (Wildman–Crippen MR) is 115 cm³/mol. The third-order valence-electron chi connectivity index (χ3n) is 4.95. The summed E-state index contributed by atoms with van der Waals surface area (Å²) in [5.74, 6) is 0.135. The number of hydrogen-bond acceptors (Lipinski definition) is 7. The van der Waals surface area contributed by atoms with Crippen LogP contribution in [0.4, 0.5) is 5.95 Å². The SMILES string of the molecule is C[C@@H](Nc1nc(=NC2CC2)n2ncc(=Cc3[nH]c(=O)[nH]c3O)c2n1)c1cccc(Cl)c1. The van der Waals surface area contributed by atoms with Crippen molar-refractivity contribution in [1.29, 1.82) is 0 Å². The molecule has 0 aliphatic heterocycles. The van der Waals surface area contributed by atoms with E-state index in [0.29, 0.717) is 27.5 Å². The van der Waals surface area contributed by atoms with Gasteiger partial charge < -0.3 is 15.4 Å². The largest absolute Gasteiger partial charge is 0.493 e. The highest BCUT2D eigenvalue weighted by molar-refractivity contribution is 6.30. The number of anilines is 1. The summed E-state index contributed by atoms with van der Waals surface area (Å²) in [5.41, 5.74) is 1.67. The van der Waals surface area contributed by atoms with Crippen molar-refractivity contribution < 1.29 is 5.11 Å². The zero-order valence-corrected chi connectivity index (χ0v) is 17.3. The molecule has 1 aromatic carbocycles. The van der Waals surface area contributed by atoms with Gasteiger partial charge in [-0.1, -0.05) is 23.7 Å². The highest BCUT2D eigenvalue weighted by Gasteiger charge is 2.21. The van der Waals surface area contributed by atoms with Crippen LogP contribution < -0.4 is 21.8 Å². The molecule has 10 nitrogen and oxygen atoms in total.